The summed E-state index contributed by atoms with van der Waals surface area (Å²) in [5.41, 5.74) is 1.17. The molecule has 0 aromatic carbocycles. The standard InChI is InChI=1S/C13H21N3S/c1-11-10-17-13(14-11)9-15-5-3-7-16-6-2-4-12(16)8-15/h10,12H,2-9H2,1H3. The van der Waals surface area contributed by atoms with Crippen molar-refractivity contribution in [2.75, 3.05) is 26.2 Å². The van der Waals surface area contributed by atoms with Crippen LogP contribution >= 0.6 is 11.3 Å². The highest BCUT2D eigenvalue weighted by atomic mass is 32.1. The van der Waals surface area contributed by atoms with Crippen molar-refractivity contribution in [1.29, 1.82) is 0 Å². The molecule has 3 nitrogen and oxygen atoms in total. The Balaban J connectivity index is 1.63. The van der Waals surface area contributed by atoms with Crippen molar-refractivity contribution in [3.8, 4) is 0 Å². The maximum atomic E-state index is 4.58. The maximum absolute atomic E-state index is 4.58. The fourth-order valence-corrected chi connectivity index (χ4v) is 3.91. The fourth-order valence-electron chi connectivity index (χ4n) is 3.09. The van der Waals surface area contributed by atoms with E-state index in [4.69, 9.17) is 0 Å². The summed E-state index contributed by atoms with van der Waals surface area (Å²) in [6.45, 7) is 8.27. The largest absolute Gasteiger partial charge is 0.299 e. The van der Waals surface area contributed by atoms with Gasteiger partial charge in [-0.25, -0.2) is 4.98 Å². The van der Waals surface area contributed by atoms with E-state index in [1.165, 1.54) is 56.1 Å². The van der Waals surface area contributed by atoms with Crippen molar-refractivity contribution in [3.05, 3.63) is 16.1 Å². The Labute approximate surface area is 107 Å². The molecule has 1 unspecified atom stereocenters. The first-order chi connectivity index (χ1) is 8.31. The molecular formula is C13H21N3S. The van der Waals surface area contributed by atoms with Crippen LogP contribution in [0.5, 0.6) is 0 Å². The van der Waals surface area contributed by atoms with Crippen LogP contribution in [-0.4, -0.2) is 47.0 Å². The van der Waals surface area contributed by atoms with E-state index >= 15 is 0 Å². The molecule has 2 aliphatic rings. The number of aryl methyl sites for hydroxylation is 1. The first-order valence-corrected chi connectivity index (χ1v) is 7.56. The zero-order chi connectivity index (χ0) is 11.7. The molecule has 2 aliphatic heterocycles. The minimum absolute atomic E-state index is 0.818. The number of hydrogen-bond acceptors (Lipinski definition) is 4. The van der Waals surface area contributed by atoms with Crippen LogP contribution in [0.4, 0.5) is 0 Å². The normalized spacial score (nSPS) is 27.0. The highest BCUT2D eigenvalue weighted by Crippen LogP contribution is 2.22. The second kappa shape index (κ2) is 5.04. The van der Waals surface area contributed by atoms with Crippen LogP contribution in [0.15, 0.2) is 5.38 Å². The molecule has 94 valence electrons. The minimum atomic E-state index is 0.818. The van der Waals surface area contributed by atoms with Gasteiger partial charge in [0.1, 0.15) is 5.01 Å². The van der Waals surface area contributed by atoms with Gasteiger partial charge in [-0.05, 0) is 45.8 Å². The molecule has 1 atom stereocenters. The van der Waals surface area contributed by atoms with E-state index < -0.39 is 0 Å². The lowest BCUT2D eigenvalue weighted by Gasteiger charge is -2.24. The van der Waals surface area contributed by atoms with E-state index in [1.54, 1.807) is 0 Å². The summed E-state index contributed by atoms with van der Waals surface area (Å²) in [6, 6.07) is 0.818. The molecule has 3 heterocycles. The highest BCUT2D eigenvalue weighted by Gasteiger charge is 2.28. The van der Waals surface area contributed by atoms with Crippen molar-refractivity contribution in [2.45, 2.75) is 38.8 Å². The van der Waals surface area contributed by atoms with Crippen LogP contribution in [0.1, 0.15) is 30.0 Å². The topological polar surface area (TPSA) is 19.4 Å². The Hall–Kier alpha value is -0.450. The quantitative estimate of drug-likeness (QED) is 0.802. The van der Waals surface area contributed by atoms with Gasteiger partial charge in [-0.2, -0.15) is 0 Å². The monoisotopic (exact) mass is 251 g/mol. The van der Waals surface area contributed by atoms with E-state index in [-0.39, 0.29) is 0 Å². The van der Waals surface area contributed by atoms with Gasteiger partial charge < -0.3 is 0 Å². The number of aromatic nitrogens is 1. The molecule has 2 saturated heterocycles. The molecular weight excluding hydrogens is 230 g/mol. The number of rotatable bonds is 2. The molecule has 1 aromatic rings. The fraction of sp³-hybridized carbons (Fsp3) is 0.769. The Morgan fingerprint density at radius 1 is 1.35 bits per heavy atom. The van der Waals surface area contributed by atoms with Gasteiger partial charge >= 0.3 is 0 Å². The van der Waals surface area contributed by atoms with Crippen molar-refractivity contribution in [1.82, 2.24) is 14.8 Å². The average molecular weight is 251 g/mol. The third-order valence-electron chi connectivity index (χ3n) is 3.91. The Bertz CT molecular complexity index is 376. The van der Waals surface area contributed by atoms with Crippen LogP contribution in [0.25, 0.3) is 0 Å². The zero-order valence-electron chi connectivity index (χ0n) is 10.6. The summed E-state index contributed by atoms with van der Waals surface area (Å²) >= 11 is 1.81. The Morgan fingerprint density at radius 2 is 2.24 bits per heavy atom. The lowest BCUT2D eigenvalue weighted by atomic mass is 10.2. The van der Waals surface area contributed by atoms with Crippen LogP contribution in [0.2, 0.25) is 0 Å². The van der Waals surface area contributed by atoms with Gasteiger partial charge in [0.15, 0.2) is 0 Å². The van der Waals surface area contributed by atoms with Crippen LogP contribution in [0.3, 0.4) is 0 Å². The lowest BCUT2D eigenvalue weighted by Crippen LogP contribution is -2.36. The first kappa shape index (κ1) is 11.6. The van der Waals surface area contributed by atoms with Gasteiger partial charge in [0, 0.05) is 23.7 Å². The minimum Gasteiger partial charge on any atom is -0.299 e. The SMILES string of the molecule is Cc1csc(CN2CCCN3CCCC3C2)n1. The molecule has 17 heavy (non-hydrogen) atoms. The van der Waals surface area contributed by atoms with Crippen LogP contribution < -0.4 is 0 Å². The molecule has 0 amide bonds. The van der Waals surface area contributed by atoms with Gasteiger partial charge in [-0.3, -0.25) is 9.80 Å². The number of thiazole rings is 1. The summed E-state index contributed by atoms with van der Waals surface area (Å²) in [4.78, 5) is 9.88. The van der Waals surface area contributed by atoms with Gasteiger partial charge in [-0.15, -0.1) is 11.3 Å². The summed E-state index contributed by atoms with van der Waals surface area (Å²) in [5, 5.41) is 3.45. The second-order valence-corrected chi connectivity index (χ2v) is 6.25. The summed E-state index contributed by atoms with van der Waals surface area (Å²) in [5.74, 6) is 0. The molecule has 4 heteroatoms. The summed E-state index contributed by atoms with van der Waals surface area (Å²) < 4.78 is 0. The van der Waals surface area contributed by atoms with E-state index in [2.05, 4.69) is 27.1 Å². The van der Waals surface area contributed by atoms with Crippen LogP contribution in [-0.2, 0) is 6.54 Å². The number of nitrogens with zero attached hydrogens (tertiary/aromatic N) is 3. The van der Waals surface area contributed by atoms with Crippen molar-refractivity contribution in [2.24, 2.45) is 0 Å². The molecule has 1 aromatic heterocycles. The lowest BCUT2D eigenvalue weighted by molar-refractivity contribution is 0.215. The molecule has 2 fully saturated rings. The number of fused-ring (bicyclic) bond motifs is 1. The molecule has 0 aliphatic carbocycles. The highest BCUT2D eigenvalue weighted by molar-refractivity contribution is 7.09. The van der Waals surface area contributed by atoms with Gasteiger partial charge in [-0.1, -0.05) is 0 Å². The van der Waals surface area contributed by atoms with E-state index in [0.29, 0.717) is 0 Å². The van der Waals surface area contributed by atoms with Crippen molar-refractivity contribution >= 4 is 11.3 Å². The molecule has 0 spiro atoms. The Kier molecular flexibility index (Phi) is 3.45. The predicted octanol–water partition coefficient (Wildman–Crippen LogP) is 2.12. The van der Waals surface area contributed by atoms with Gasteiger partial charge in [0.25, 0.3) is 0 Å². The summed E-state index contributed by atoms with van der Waals surface area (Å²) in [6.07, 6.45) is 4.11. The zero-order valence-corrected chi connectivity index (χ0v) is 11.4. The predicted molar refractivity (Wildman–Crippen MR) is 71.3 cm³/mol. The van der Waals surface area contributed by atoms with E-state index in [9.17, 15) is 0 Å². The third kappa shape index (κ3) is 2.69. The van der Waals surface area contributed by atoms with Gasteiger partial charge in [0.05, 0.1) is 6.54 Å². The molecule has 3 rings (SSSR count). The Morgan fingerprint density at radius 3 is 3.06 bits per heavy atom. The number of hydrogen-bond donors (Lipinski definition) is 0. The van der Waals surface area contributed by atoms with Crippen molar-refractivity contribution < 1.29 is 0 Å². The molecule has 0 saturated carbocycles. The maximum Gasteiger partial charge on any atom is 0.107 e. The first-order valence-electron chi connectivity index (χ1n) is 6.69. The molecule has 0 N–H and O–H groups in total. The van der Waals surface area contributed by atoms with Crippen molar-refractivity contribution in [3.63, 3.8) is 0 Å². The van der Waals surface area contributed by atoms with Crippen LogP contribution in [0, 0.1) is 6.92 Å². The average Bonchev–Trinajstić information content (AvgIpc) is 2.85. The third-order valence-corrected chi connectivity index (χ3v) is 4.86. The molecule has 0 bridgehead atoms. The molecule has 0 radical (unpaired) electrons. The van der Waals surface area contributed by atoms with E-state index in [0.717, 1.165) is 12.6 Å². The smallest absolute Gasteiger partial charge is 0.107 e. The van der Waals surface area contributed by atoms with E-state index in [1.807, 2.05) is 11.3 Å². The second-order valence-electron chi connectivity index (χ2n) is 5.30. The van der Waals surface area contributed by atoms with Gasteiger partial charge in [0.2, 0.25) is 0 Å². The summed E-state index contributed by atoms with van der Waals surface area (Å²) in [7, 11) is 0.